The number of nitro benzene ring substituents is 1. The topological polar surface area (TPSA) is 120 Å². The number of aryl methyl sites for hydroxylation is 1. The lowest BCUT2D eigenvalue weighted by molar-refractivity contribution is -0.384. The lowest BCUT2D eigenvalue weighted by Gasteiger charge is -2.09. The van der Waals surface area contributed by atoms with Crippen molar-refractivity contribution in [2.75, 3.05) is 4.72 Å². The van der Waals surface area contributed by atoms with E-state index in [4.69, 9.17) is 0 Å². The third-order valence-corrected chi connectivity index (χ3v) is 4.83. The molecule has 3 aromatic rings. The minimum Gasteiger partial charge on any atom is -0.288 e. The van der Waals surface area contributed by atoms with E-state index >= 15 is 0 Å². The van der Waals surface area contributed by atoms with E-state index in [1.54, 1.807) is 29.1 Å². The molecular weight excluding hydrogens is 346 g/mol. The smallest absolute Gasteiger partial charge is 0.269 e. The predicted molar refractivity (Wildman–Crippen MR) is 90.0 cm³/mol. The number of rotatable bonds is 5. The van der Waals surface area contributed by atoms with Crippen LogP contribution in [0, 0.1) is 17.0 Å². The fourth-order valence-corrected chi connectivity index (χ4v) is 3.21. The number of nitrogens with one attached hydrogen (secondary N) is 1. The summed E-state index contributed by atoms with van der Waals surface area (Å²) in [6.07, 6.45) is 4.78. The minimum absolute atomic E-state index is 0.0763. The summed E-state index contributed by atoms with van der Waals surface area (Å²) < 4.78 is 28.8. The average molecular weight is 359 g/mol. The molecule has 2 aromatic heterocycles. The second-order valence-electron chi connectivity index (χ2n) is 5.11. The maximum Gasteiger partial charge on any atom is 0.269 e. The van der Waals surface area contributed by atoms with Gasteiger partial charge in [0.1, 0.15) is 11.6 Å². The molecule has 0 unspecified atom stereocenters. The van der Waals surface area contributed by atoms with Crippen LogP contribution in [0.4, 0.5) is 11.4 Å². The number of hydrogen-bond acceptors (Lipinski definition) is 6. The summed E-state index contributed by atoms with van der Waals surface area (Å²) in [4.78, 5) is 18.3. The molecule has 9 nitrogen and oxygen atoms in total. The van der Waals surface area contributed by atoms with Gasteiger partial charge in [-0.1, -0.05) is 0 Å². The number of imidazole rings is 1. The SMILES string of the molecule is Cc1nccn1-c1ccc(NS(=O)(=O)c2ccc([N+](=O)[O-])cc2)cn1. The zero-order chi connectivity index (χ0) is 18.0. The van der Waals surface area contributed by atoms with Crippen molar-refractivity contribution in [3.8, 4) is 5.82 Å². The van der Waals surface area contributed by atoms with E-state index in [1.807, 2.05) is 6.92 Å². The maximum absolute atomic E-state index is 12.3. The van der Waals surface area contributed by atoms with Gasteiger partial charge in [0.2, 0.25) is 0 Å². The van der Waals surface area contributed by atoms with E-state index in [0.717, 1.165) is 18.0 Å². The third-order valence-electron chi connectivity index (χ3n) is 3.43. The number of aromatic nitrogens is 3. The summed E-state index contributed by atoms with van der Waals surface area (Å²) in [6, 6.07) is 7.86. The van der Waals surface area contributed by atoms with E-state index in [0.29, 0.717) is 5.82 Å². The Hall–Kier alpha value is -3.27. The fraction of sp³-hybridized carbons (Fsp3) is 0.0667. The van der Waals surface area contributed by atoms with E-state index in [9.17, 15) is 18.5 Å². The minimum atomic E-state index is -3.86. The first-order valence-electron chi connectivity index (χ1n) is 7.10. The highest BCUT2D eigenvalue weighted by Crippen LogP contribution is 2.19. The molecule has 0 aliphatic heterocycles. The van der Waals surface area contributed by atoms with Crippen molar-refractivity contribution in [2.45, 2.75) is 11.8 Å². The Morgan fingerprint density at radius 2 is 1.84 bits per heavy atom. The molecule has 1 N–H and O–H groups in total. The van der Waals surface area contributed by atoms with Crippen LogP contribution in [0.2, 0.25) is 0 Å². The summed E-state index contributed by atoms with van der Waals surface area (Å²) in [5.74, 6) is 1.36. The second-order valence-corrected chi connectivity index (χ2v) is 6.79. The number of sulfonamides is 1. The molecule has 0 radical (unpaired) electrons. The fourth-order valence-electron chi connectivity index (χ4n) is 2.17. The molecule has 2 heterocycles. The molecule has 0 bridgehead atoms. The standard InChI is InChI=1S/C15H13N5O4S/c1-11-16-8-9-19(11)15-7-2-12(10-17-15)18-25(23,24)14-5-3-13(4-6-14)20(21)22/h2-10,18H,1H3. The van der Waals surface area contributed by atoms with Crippen LogP contribution in [0.3, 0.4) is 0 Å². The van der Waals surface area contributed by atoms with Crippen molar-refractivity contribution in [3.05, 3.63) is 70.9 Å². The van der Waals surface area contributed by atoms with E-state index in [2.05, 4.69) is 14.7 Å². The van der Waals surface area contributed by atoms with Gasteiger partial charge in [0, 0.05) is 24.5 Å². The van der Waals surface area contributed by atoms with Gasteiger partial charge in [-0.2, -0.15) is 0 Å². The van der Waals surface area contributed by atoms with Crippen LogP contribution in [0.25, 0.3) is 5.82 Å². The molecular formula is C15H13N5O4S. The van der Waals surface area contributed by atoms with E-state index in [1.165, 1.54) is 18.3 Å². The lowest BCUT2D eigenvalue weighted by atomic mass is 10.3. The molecule has 0 atom stereocenters. The highest BCUT2D eigenvalue weighted by Gasteiger charge is 2.16. The Morgan fingerprint density at radius 3 is 2.36 bits per heavy atom. The third kappa shape index (κ3) is 3.48. The zero-order valence-corrected chi connectivity index (χ0v) is 13.8. The molecule has 0 spiro atoms. The van der Waals surface area contributed by atoms with Crippen molar-refractivity contribution in [1.82, 2.24) is 14.5 Å². The normalized spacial score (nSPS) is 11.2. The molecule has 0 amide bonds. The molecule has 0 saturated carbocycles. The van der Waals surface area contributed by atoms with Gasteiger partial charge < -0.3 is 0 Å². The highest BCUT2D eigenvalue weighted by atomic mass is 32.2. The molecule has 25 heavy (non-hydrogen) atoms. The van der Waals surface area contributed by atoms with Gasteiger partial charge in [0.05, 0.1) is 21.7 Å². The summed E-state index contributed by atoms with van der Waals surface area (Å²) in [6.45, 7) is 1.83. The maximum atomic E-state index is 12.3. The van der Waals surface area contributed by atoms with Crippen molar-refractivity contribution in [1.29, 1.82) is 0 Å². The van der Waals surface area contributed by atoms with Crippen molar-refractivity contribution in [3.63, 3.8) is 0 Å². The van der Waals surface area contributed by atoms with Crippen LogP contribution in [-0.2, 0) is 10.0 Å². The number of nitrogens with zero attached hydrogens (tertiary/aromatic N) is 4. The quantitative estimate of drug-likeness (QED) is 0.551. The number of nitro groups is 1. The summed E-state index contributed by atoms with van der Waals surface area (Å²) in [5, 5.41) is 10.6. The summed E-state index contributed by atoms with van der Waals surface area (Å²) >= 11 is 0. The molecule has 0 aliphatic carbocycles. The number of pyridine rings is 1. The van der Waals surface area contributed by atoms with Gasteiger partial charge in [0.15, 0.2) is 0 Å². The van der Waals surface area contributed by atoms with Crippen LogP contribution in [0.5, 0.6) is 0 Å². The molecule has 1 aromatic carbocycles. The molecule has 0 fully saturated rings. The van der Waals surface area contributed by atoms with Crippen molar-refractivity contribution < 1.29 is 13.3 Å². The lowest BCUT2D eigenvalue weighted by Crippen LogP contribution is -2.13. The number of anilines is 1. The van der Waals surface area contributed by atoms with Crippen molar-refractivity contribution in [2.24, 2.45) is 0 Å². The van der Waals surface area contributed by atoms with Crippen LogP contribution in [0.15, 0.2) is 59.9 Å². The van der Waals surface area contributed by atoms with Gasteiger partial charge in [-0.3, -0.25) is 19.4 Å². The molecule has 0 aliphatic rings. The molecule has 0 saturated heterocycles. The van der Waals surface area contributed by atoms with Crippen LogP contribution < -0.4 is 4.72 Å². The Kier molecular flexibility index (Phi) is 4.19. The molecule has 128 valence electrons. The Labute approximate surface area is 143 Å². The molecule has 10 heteroatoms. The van der Waals surface area contributed by atoms with Crippen molar-refractivity contribution >= 4 is 21.4 Å². The first-order chi connectivity index (χ1) is 11.9. The predicted octanol–water partition coefficient (Wildman–Crippen LogP) is 2.28. The monoisotopic (exact) mass is 359 g/mol. The zero-order valence-electron chi connectivity index (χ0n) is 13.0. The van der Waals surface area contributed by atoms with Gasteiger partial charge in [-0.05, 0) is 31.2 Å². The number of benzene rings is 1. The van der Waals surface area contributed by atoms with Crippen LogP contribution in [-0.4, -0.2) is 27.9 Å². The van der Waals surface area contributed by atoms with Gasteiger partial charge >= 0.3 is 0 Å². The Balaban J connectivity index is 1.81. The van der Waals surface area contributed by atoms with Gasteiger partial charge in [-0.25, -0.2) is 18.4 Å². The summed E-state index contributed by atoms with van der Waals surface area (Å²) in [7, 11) is -3.86. The first-order valence-corrected chi connectivity index (χ1v) is 8.59. The second kappa shape index (κ2) is 6.32. The number of hydrogen-bond donors (Lipinski definition) is 1. The first kappa shape index (κ1) is 16.6. The van der Waals surface area contributed by atoms with Gasteiger partial charge in [-0.15, -0.1) is 0 Å². The summed E-state index contributed by atoms with van der Waals surface area (Å²) in [5.41, 5.74) is 0.0977. The Bertz CT molecular complexity index is 1010. The van der Waals surface area contributed by atoms with Gasteiger partial charge in [0.25, 0.3) is 15.7 Å². The number of non-ortho nitro benzene ring substituents is 1. The van der Waals surface area contributed by atoms with E-state index in [-0.39, 0.29) is 16.3 Å². The Morgan fingerprint density at radius 1 is 1.12 bits per heavy atom. The highest BCUT2D eigenvalue weighted by molar-refractivity contribution is 7.92. The largest absolute Gasteiger partial charge is 0.288 e. The van der Waals surface area contributed by atoms with Crippen LogP contribution >= 0.6 is 0 Å². The van der Waals surface area contributed by atoms with E-state index < -0.39 is 14.9 Å². The van der Waals surface area contributed by atoms with Crippen LogP contribution in [0.1, 0.15) is 5.82 Å². The molecule has 3 rings (SSSR count). The average Bonchev–Trinajstić information content (AvgIpc) is 3.01.